The topological polar surface area (TPSA) is 55.8 Å². The highest BCUT2D eigenvalue weighted by atomic mass is 79.9. The molecule has 0 aromatic carbocycles. The Morgan fingerprint density at radius 3 is 2.76 bits per heavy atom. The Labute approximate surface area is 105 Å². The van der Waals surface area contributed by atoms with Gasteiger partial charge in [-0.3, -0.25) is 4.79 Å². The molecule has 0 amide bonds. The Balaban J connectivity index is 2.10. The van der Waals surface area contributed by atoms with Crippen molar-refractivity contribution in [3.8, 4) is 0 Å². The molecule has 0 spiro atoms. The van der Waals surface area contributed by atoms with Gasteiger partial charge in [0.2, 0.25) is 16.9 Å². The van der Waals surface area contributed by atoms with Crippen molar-refractivity contribution in [2.75, 3.05) is 31.2 Å². The first-order valence-corrected chi connectivity index (χ1v) is 6.08. The molecule has 3 heterocycles. The lowest BCUT2D eigenvalue weighted by Crippen LogP contribution is -2.36. The number of rotatable bonds is 1. The van der Waals surface area contributed by atoms with E-state index < -0.39 is 0 Å². The van der Waals surface area contributed by atoms with Gasteiger partial charge in [-0.1, -0.05) is 0 Å². The van der Waals surface area contributed by atoms with Crippen LogP contribution in [0.25, 0.3) is 11.2 Å². The van der Waals surface area contributed by atoms with Gasteiger partial charge >= 0.3 is 0 Å². The fourth-order valence-corrected chi connectivity index (χ4v) is 2.20. The Morgan fingerprint density at radius 2 is 2.00 bits per heavy atom. The predicted molar refractivity (Wildman–Crippen MR) is 65.5 cm³/mol. The summed E-state index contributed by atoms with van der Waals surface area (Å²) in [7, 11) is 0. The van der Waals surface area contributed by atoms with Crippen LogP contribution in [0.15, 0.2) is 30.4 Å². The molecule has 0 bridgehead atoms. The number of fused-ring (bicyclic) bond motifs is 1. The van der Waals surface area contributed by atoms with Crippen molar-refractivity contribution in [3.63, 3.8) is 0 Å². The molecule has 17 heavy (non-hydrogen) atoms. The first kappa shape index (κ1) is 10.9. The van der Waals surface area contributed by atoms with E-state index in [1.54, 1.807) is 0 Å². The molecule has 1 saturated heterocycles. The van der Waals surface area contributed by atoms with E-state index in [-0.39, 0.29) is 11.0 Å². The molecule has 0 saturated carbocycles. The highest BCUT2D eigenvalue weighted by molar-refractivity contribution is 9.10. The molecular formula is C11H10BrNO4. The molecular weight excluding hydrogens is 290 g/mol. The molecule has 2 aromatic heterocycles. The summed E-state index contributed by atoms with van der Waals surface area (Å²) in [4.78, 5) is 13.8. The van der Waals surface area contributed by atoms with Crippen LogP contribution in [0.3, 0.4) is 0 Å². The minimum atomic E-state index is -0.168. The monoisotopic (exact) mass is 299 g/mol. The fourth-order valence-electron chi connectivity index (χ4n) is 1.84. The van der Waals surface area contributed by atoms with E-state index in [4.69, 9.17) is 13.6 Å². The number of nitrogens with zero attached hydrogens (tertiary/aromatic N) is 1. The molecule has 0 unspecified atom stereocenters. The second kappa shape index (κ2) is 4.19. The first-order chi connectivity index (χ1) is 8.25. The summed E-state index contributed by atoms with van der Waals surface area (Å²) in [6.07, 6.45) is 1.46. The molecule has 0 radical (unpaired) electrons. The van der Waals surface area contributed by atoms with Crippen molar-refractivity contribution < 1.29 is 13.6 Å². The maximum atomic E-state index is 11.8. The highest BCUT2D eigenvalue weighted by Gasteiger charge is 2.17. The van der Waals surface area contributed by atoms with E-state index in [9.17, 15) is 4.79 Å². The summed E-state index contributed by atoms with van der Waals surface area (Å²) >= 11 is 3.29. The lowest BCUT2D eigenvalue weighted by atomic mass is 10.3. The number of ether oxygens (including phenoxy) is 1. The molecule has 5 nitrogen and oxygen atoms in total. The minimum absolute atomic E-state index is 0.168. The van der Waals surface area contributed by atoms with Crippen molar-refractivity contribution in [1.82, 2.24) is 0 Å². The van der Waals surface area contributed by atoms with Crippen LogP contribution in [-0.4, -0.2) is 26.3 Å². The van der Waals surface area contributed by atoms with Crippen LogP contribution < -0.4 is 10.3 Å². The average Bonchev–Trinajstić information content (AvgIpc) is 2.73. The van der Waals surface area contributed by atoms with E-state index in [2.05, 4.69) is 15.9 Å². The Kier molecular flexibility index (Phi) is 2.68. The van der Waals surface area contributed by atoms with E-state index in [0.717, 1.165) is 13.1 Å². The average molecular weight is 300 g/mol. The molecule has 1 aliphatic rings. The smallest absolute Gasteiger partial charge is 0.230 e. The van der Waals surface area contributed by atoms with Crippen LogP contribution in [0.1, 0.15) is 0 Å². The van der Waals surface area contributed by atoms with Gasteiger partial charge in [0.1, 0.15) is 6.26 Å². The predicted octanol–water partition coefficient (Wildman–Crippen LogP) is 1.99. The van der Waals surface area contributed by atoms with Crippen molar-refractivity contribution in [1.29, 1.82) is 0 Å². The number of anilines is 1. The minimum Gasteiger partial charge on any atom is -0.456 e. The van der Waals surface area contributed by atoms with Crippen LogP contribution in [0.2, 0.25) is 0 Å². The molecule has 1 fully saturated rings. The lowest BCUT2D eigenvalue weighted by molar-refractivity contribution is 0.121. The lowest BCUT2D eigenvalue weighted by Gasteiger charge is -2.26. The first-order valence-electron chi connectivity index (χ1n) is 5.29. The van der Waals surface area contributed by atoms with Gasteiger partial charge in [-0.05, 0) is 15.9 Å². The zero-order valence-electron chi connectivity index (χ0n) is 8.94. The van der Waals surface area contributed by atoms with Gasteiger partial charge in [-0.25, -0.2) is 0 Å². The van der Waals surface area contributed by atoms with Crippen LogP contribution in [0, 0.1) is 0 Å². The van der Waals surface area contributed by atoms with Gasteiger partial charge in [0, 0.05) is 13.1 Å². The zero-order valence-corrected chi connectivity index (χ0v) is 10.5. The van der Waals surface area contributed by atoms with Crippen molar-refractivity contribution in [3.05, 3.63) is 27.0 Å². The Bertz CT molecular complexity index is 597. The fraction of sp³-hybridized carbons (Fsp3) is 0.364. The van der Waals surface area contributed by atoms with E-state index >= 15 is 0 Å². The van der Waals surface area contributed by atoms with E-state index in [1.165, 1.54) is 12.3 Å². The maximum Gasteiger partial charge on any atom is 0.230 e. The molecule has 2 aromatic rings. The van der Waals surface area contributed by atoms with Gasteiger partial charge in [0.05, 0.1) is 23.8 Å². The number of hydrogen-bond acceptors (Lipinski definition) is 5. The number of furan rings is 1. The quantitative estimate of drug-likeness (QED) is 0.806. The van der Waals surface area contributed by atoms with Gasteiger partial charge in [0.15, 0.2) is 5.58 Å². The molecule has 3 rings (SSSR count). The molecule has 90 valence electrons. The summed E-state index contributed by atoms with van der Waals surface area (Å²) in [6.45, 7) is 2.75. The normalized spacial score (nSPS) is 16.6. The highest BCUT2D eigenvalue weighted by Crippen LogP contribution is 2.27. The SMILES string of the molecule is O=c1cc(N2CCOCC2)oc2c(Br)coc12. The number of hydrogen-bond donors (Lipinski definition) is 0. The van der Waals surface area contributed by atoms with Crippen LogP contribution in [-0.2, 0) is 4.74 Å². The standard InChI is InChI=1S/C11H10BrNO4/c12-7-6-16-11-8(14)5-9(17-10(7)11)13-1-3-15-4-2-13/h5-6H,1-4H2. The van der Waals surface area contributed by atoms with E-state index in [0.29, 0.717) is 29.2 Å². The van der Waals surface area contributed by atoms with Gasteiger partial charge in [0.25, 0.3) is 0 Å². The molecule has 1 aliphatic heterocycles. The van der Waals surface area contributed by atoms with Crippen molar-refractivity contribution >= 4 is 33.0 Å². The third-order valence-electron chi connectivity index (χ3n) is 2.71. The molecule has 0 N–H and O–H groups in total. The van der Waals surface area contributed by atoms with Crippen LogP contribution in [0.5, 0.6) is 0 Å². The molecule has 6 heteroatoms. The Morgan fingerprint density at radius 1 is 1.24 bits per heavy atom. The third kappa shape index (κ3) is 1.87. The van der Waals surface area contributed by atoms with Crippen LogP contribution >= 0.6 is 15.9 Å². The summed E-state index contributed by atoms with van der Waals surface area (Å²) in [6, 6.07) is 1.46. The zero-order chi connectivity index (χ0) is 11.8. The summed E-state index contributed by atoms with van der Waals surface area (Å²) in [5, 5.41) is 0. The maximum absolute atomic E-state index is 11.8. The van der Waals surface area contributed by atoms with Gasteiger partial charge in [-0.15, -0.1) is 0 Å². The summed E-state index contributed by atoms with van der Waals surface area (Å²) in [5.41, 5.74) is 0.534. The Hall–Kier alpha value is -1.27. The molecule has 0 aliphatic carbocycles. The van der Waals surface area contributed by atoms with Crippen molar-refractivity contribution in [2.24, 2.45) is 0 Å². The number of morpholine rings is 1. The second-order valence-corrected chi connectivity index (χ2v) is 4.64. The third-order valence-corrected chi connectivity index (χ3v) is 3.26. The molecule has 0 atom stereocenters. The second-order valence-electron chi connectivity index (χ2n) is 3.79. The van der Waals surface area contributed by atoms with Crippen molar-refractivity contribution in [2.45, 2.75) is 0 Å². The summed E-state index contributed by atoms with van der Waals surface area (Å²) < 4.78 is 16.7. The van der Waals surface area contributed by atoms with Gasteiger partial charge in [-0.2, -0.15) is 0 Å². The summed E-state index contributed by atoms with van der Waals surface area (Å²) in [5.74, 6) is 0.563. The van der Waals surface area contributed by atoms with Gasteiger partial charge < -0.3 is 18.5 Å². The number of halogens is 1. The largest absolute Gasteiger partial charge is 0.456 e. The van der Waals surface area contributed by atoms with E-state index in [1.807, 2.05) is 4.90 Å². The van der Waals surface area contributed by atoms with Crippen LogP contribution in [0.4, 0.5) is 5.88 Å².